The molecule has 1 aromatic carbocycles. The SMILES string of the molecule is Cc1ccccc1-n1ncc(C(=O)N2CCN(C(=O)[C@@H]3CCCO3)CC2)c1C. The van der Waals surface area contributed by atoms with E-state index < -0.39 is 0 Å². The summed E-state index contributed by atoms with van der Waals surface area (Å²) in [7, 11) is 0. The lowest BCUT2D eigenvalue weighted by molar-refractivity contribution is -0.142. The van der Waals surface area contributed by atoms with E-state index >= 15 is 0 Å². The molecule has 2 aliphatic heterocycles. The quantitative estimate of drug-likeness (QED) is 0.814. The van der Waals surface area contributed by atoms with Crippen molar-refractivity contribution >= 4 is 11.8 Å². The molecule has 148 valence electrons. The van der Waals surface area contributed by atoms with Gasteiger partial charge in [-0.3, -0.25) is 9.59 Å². The lowest BCUT2D eigenvalue weighted by Gasteiger charge is -2.35. The van der Waals surface area contributed by atoms with Crippen molar-refractivity contribution in [3.05, 3.63) is 47.3 Å². The van der Waals surface area contributed by atoms with Gasteiger partial charge in [-0.05, 0) is 38.3 Å². The molecule has 0 spiro atoms. The zero-order valence-electron chi connectivity index (χ0n) is 16.4. The third kappa shape index (κ3) is 3.42. The highest BCUT2D eigenvalue weighted by molar-refractivity contribution is 5.95. The molecular weight excluding hydrogens is 356 g/mol. The van der Waals surface area contributed by atoms with Gasteiger partial charge in [-0.25, -0.2) is 4.68 Å². The number of carbonyl (C=O) groups excluding carboxylic acids is 2. The summed E-state index contributed by atoms with van der Waals surface area (Å²) in [5, 5.41) is 4.45. The van der Waals surface area contributed by atoms with Gasteiger partial charge in [0, 0.05) is 32.8 Å². The van der Waals surface area contributed by atoms with Crippen molar-refractivity contribution in [2.45, 2.75) is 32.8 Å². The van der Waals surface area contributed by atoms with Crippen molar-refractivity contribution in [1.82, 2.24) is 19.6 Å². The van der Waals surface area contributed by atoms with Crippen LogP contribution >= 0.6 is 0 Å². The summed E-state index contributed by atoms with van der Waals surface area (Å²) in [5.74, 6) is 0.0368. The molecule has 0 unspecified atom stereocenters. The van der Waals surface area contributed by atoms with E-state index in [0.29, 0.717) is 38.3 Å². The molecule has 0 radical (unpaired) electrons. The topological polar surface area (TPSA) is 67.7 Å². The zero-order chi connectivity index (χ0) is 19.7. The van der Waals surface area contributed by atoms with E-state index in [4.69, 9.17) is 4.74 Å². The second-order valence-corrected chi connectivity index (χ2v) is 7.46. The molecule has 2 aromatic rings. The second-order valence-electron chi connectivity index (χ2n) is 7.46. The Morgan fingerprint density at radius 3 is 2.46 bits per heavy atom. The summed E-state index contributed by atoms with van der Waals surface area (Å²) >= 11 is 0. The van der Waals surface area contributed by atoms with Crippen LogP contribution in [0.25, 0.3) is 5.69 Å². The van der Waals surface area contributed by atoms with E-state index in [2.05, 4.69) is 5.10 Å². The Labute approximate surface area is 164 Å². The summed E-state index contributed by atoms with van der Waals surface area (Å²) in [5.41, 5.74) is 3.53. The van der Waals surface area contributed by atoms with Crippen LogP contribution in [-0.4, -0.2) is 70.3 Å². The van der Waals surface area contributed by atoms with Gasteiger partial charge in [-0.2, -0.15) is 5.10 Å². The molecule has 0 N–H and O–H groups in total. The van der Waals surface area contributed by atoms with Crippen LogP contribution in [0.2, 0.25) is 0 Å². The number of aromatic nitrogens is 2. The number of hydrogen-bond acceptors (Lipinski definition) is 4. The molecule has 7 nitrogen and oxygen atoms in total. The monoisotopic (exact) mass is 382 g/mol. The number of aryl methyl sites for hydroxylation is 1. The standard InChI is InChI=1S/C21H26N4O3/c1-15-6-3-4-7-18(15)25-16(2)17(14-22-25)20(26)23-9-11-24(12-10-23)21(27)19-8-5-13-28-19/h3-4,6-7,14,19H,5,8-13H2,1-2H3/t19-/m0/s1. The zero-order valence-corrected chi connectivity index (χ0v) is 16.4. The van der Waals surface area contributed by atoms with Crippen molar-refractivity contribution in [2.75, 3.05) is 32.8 Å². The number of benzene rings is 1. The highest BCUT2D eigenvalue weighted by Crippen LogP contribution is 2.20. The molecular formula is C21H26N4O3. The average Bonchev–Trinajstić information content (AvgIpc) is 3.38. The Morgan fingerprint density at radius 1 is 1.07 bits per heavy atom. The molecule has 2 amide bonds. The summed E-state index contributed by atoms with van der Waals surface area (Å²) in [6, 6.07) is 7.98. The van der Waals surface area contributed by atoms with Gasteiger partial charge in [-0.15, -0.1) is 0 Å². The third-order valence-electron chi connectivity index (χ3n) is 5.67. The summed E-state index contributed by atoms with van der Waals surface area (Å²) in [6.07, 6.45) is 3.10. The fourth-order valence-corrected chi connectivity index (χ4v) is 3.94. The molecule has 0 aliphatic carbocycles. The number of amides is 2. The number of nitrogens with zero attached hydrogens (tertiary/aromatic N) is 4. The Morgan fingerprint density at radius 2 is 1.79 bits per heavy atom. The number of para-hydroxylation sites is 1. The summed E-state index contributed by atoms with van der Waals surface area (Å²) < 4.78 is 7.32. The highest BCUT2D eigenvalue weighted by atomic mass is 16.5. The number of ether oxygens (including phenoxy) is 1. The van der Waals surface area contributed by atoms with E-state index in [1.165, 1.54) is 0 Å². The Bertz CT molecular complexity index is 878. The fraction of sp³-hybridized carbons (Fsp3) is 0.476. The first kappa shape index (κ1) is 18.7. The molecule has 1 atom stereocenters. The largest absolute Gasteiger partial charge is 0.368 e. The maximum Gasteiger partial charge on any atom is 0.257 e. The van der Waals surface area contributed by atoms with E-state index in [1.54, 1.807) is 6.20 Å². The highest BCUT2D eigenvalue weighted by Gasteiger charge is 2.32. The van der Waals surface area contributed by atoms with Crippen LogP contribution in [0.1, 0.15) is 34.5 Å². The molecule has 0 bridgehead atoms. The van der Waals surface area contributed by atoms with E-state index in [9.17, 15) is 9.59 Å². The maximum absolute atomic E-state index is 13.0. The Kier molecular flexibility index (Phi) is 5.17. The average molecular weight is 382 g/mol. The number of carbonyl (C=O) groups is 2. The van der Waals surface area contributed by atoms with Crippen LogP contribution in [0.15, 0.2) is 30.5 Å². The van der Waals surface area contributed by atoms with Crippen LogP contribution in [-0.2, 0) is 9.53 Å². The van der Waals surface area contributed by atoms with E-state index in [0.717, 1.165) is 29.8 Å². The van der Waals surface area contributed by atoms with Gasteiger partial charge >= 0.3 is 0 Å². The fourth-order valence-electron chi connectivity index (χ4n) is 3.94. The number of hydrogen-bond donors (Lipinski definition) is 0. The van der Waals surface area contributed by atoms with Crippen molar-refractivity contribution < 1.29 is 14.3 Å². The van der Waals surface area contributed by atoms with Crippen molar-refractivity contribution in [2.24, 2.45) is 0 Å². The molecule has 2 aliphatic rings. The van der Waals surface area contributed by atoms with Crippen LogP contribution in [0.3, 0.4) is 0 Å². The molecule has 7 heteroatoms. The van der Waals surface area contributed by atoms with Gasteiger partial charge in [0.1, 0.15) is 6.10 Å². The number of rotatable bonds is 3. The molecule has 28 heavy (non-hydrogen) atoms. The van der Waals surface area contributed by atoms with Crippen molar-refractivity contribution in [3.8, 4) is 5.69 Å². The van der Waals surface area contributed by atoms with Gasteiger partial charge in [0.05, 0.1) is 23.1 Å². The van der Waals surface area contributed by atoms with Crippen molar-refractivity contribution in [1.29, 1.82) is 0 Å². The molecule has 0 saturated carbocycles. The summed E-state index contributed by atoms with van der Waals surface area (Å²) in [4.78, 5) is 29.1. The minimum absolute atomic E-state index is 0.0263. The molecule has 1 aromatic heterocycles. The van der Waals surface area contributed by atoms with Crippen LogP contribution in [0, 0.1) is 13.8 Å². The van der Waals surface area contributed by atoms with Gasteiger partial charge in [0.25, 0.3) is 11.8 Å². The molecule has 3 heterocycles. The minimum Gasteiger partial charge on any atom is -0.368 e. The lowest BCUT2D eigenvalue weighted by atomic mass is 10.1. The van der Waals surface area contributed by atoms with Crippen LogP contribution in [0.5, 0.6) is 0 Å². The van der Waals surface area contributed by atoms with Crippen LogP contribution in [0.4, 0.5) is 0 Å². The van der Waals surface area contributed by atoms with Gasteiger partial charge in [-0.1, -0.05) is 18.2 Å². The van der Waals surface area contributed by atoms with Gasteiger partial charge < -0.3 is 14.5 Å². The second kappa shape index (κ2) is 7.75. The predicted octanol–water partition coefficient (Wildman–Crippen LogP) is 1.95. The van der Waals surface area contributed by atoms with E-state index in [-0.39, 0.29) is 17.9 Å². The Balaban J connectivity index is 1.43. The maximum atomic E-state index is 13.0. The summed E-state index contributed by atoms with van der Waals surface area (Å²) in [6.45, 7) is 6.79. The van der Waals surface area contributed by atoms with Crippen molar-refractivity contribution in [3.63, 3.8) is 0 Å². The normalized spacial score (nSPS) is 19.9. The third-order valence-corrected chi connectivity index (χ3v) is 5.67. The molecule has 2 saturated heterocycles. The first-order chi connectivity index (χ1) is 13.6. The molecule has 4 rings (SSSR count). The first-order valence-electron chi connectivity index (χ1n) is 9.86. The molecule has 2 fully saturated rings. The first-order valence-corrected chi connectivity index (χ1v) is 9.86. The van der Waals surface area contributed by atoms with Gasteiger partial charge in [0.2, 0.25) is 0 Å². The lowest BCUT2D eigenvalue weighted by Crippen LogP contribution is -2.52. The smallest absolute Gasteiger partial charge is 0.257 e. The van der Waals surface area contributed by atoms with E-state index in [1.807, 2.05) is 52.6 Å². The predicted molar refractivity (Wildman–Crippen MR) is 104 cm³/mol. The van der Waals surface area contributed by atoms with Gasteiger partial charge in [0.15, 0.2) is 0 Å². The van der Waals surface area contributed by atoms with Crippen LogP contribution < -0.4 is 0 Å². The number of piperazine rings is 1. The minimum atomic E-state index is -0.295. The Hall–Kier alpha value is -2.67.